The van der Waals surface area contributed by atoms with Gasteiger partial charge in [0.15, 0.2) is 0 Å². The van der Waals surface area contributed by atoms with Crippen LogP contribution in [-0.4, -0.2) is 48.6 Å². The third kappa shape index (κ3) is 3.84. The molecule has 0 radical (unpaired) electrons. The van der Waals surface area contributed by atoms with E-state index in [1.807, 2.05) is 11.3 Å². The molecule has 1 atom stereocenters. The summed E-state index contributed by atoms with van der Waals surface area (Å²) in [4.78, 5) is 2.96. The van der Waals surface area contributed by atoms with Gasteiger partial charge in [0.1, 0.15) is 0 Å². The molecule has 4 rings (SSSR count). The van der Waals surface area contributed by atoms with Crippen LogP contribution in [0.5, 0.6) is 0 Å². The molecule has 6 heteroatoms. The largest absolute Gasteiger partial charge is 0.320 e. The monoisotopic (exact) mass is 396 g/mol. The summed E-state index contributed by atoms with van der Waals surface area (Å²) in [7, 11) is -2.60. The van der Waals surface area contributed by atoms with Gasteiger partial charge in [-0.1, -0.05) is 18.9 Å². The van der Waals surface area contributed by atoms with Crippen LogP contribution in [0.1, 0.15) is 68.4 Å². The van der Waals surface area contributed by atoms with Gasteiger partial charge in [-0.15, -0.1) is 11.3 Å². The van der Waals surface area contributed by atoms with Gasteiger partial charge in [0.25, 0.3) is 7.44 Å². The Kier molecular flexibility index (Phi) is 6.53. The van der Waals surface area contributed by atoms with E-state index in [4.69, 9.17) is 0 Å². The van der Waals surface area contributed by atoms with E-state index in [-0.39, 0.29) is 5.78 Å². The van der Waals surface area contributed by atoms with Crippen LogP contribution in [0.3, 0.4) is 0 Å². The van der Waals surface area contributed by atoms with Gasteiger partial charge in [-0.2, -0.15) is 0 Å². The Hall–Kier alpha value is -0.190. The second kappa shape index (κ2) is 8.87. The number of thiophene rings is 1. The van der Waals surface area contributed by atoms with E-state index in [1.54, 1.807) is 4.90 Å². The number of hydrogen-bond acceptors (Lipinski definition) is 2. The SMILES string of the molecule is O=P([C@@H](c1cccs1)[NH+]1CCCCC1)(N1CCCCC1)N1CCCCC1. The summed E-state index contributed by atoms with van der Waals surface area (Å²) in [5.74, 6) is 0.166. The second-order valence-corrected chi connectivity index (χ2v) is 12.1. The molecule has 0 saturated carbocycles. The zero-order valence-corrected chi connectivity index (χ0v) is 17.8. The van der Waals surface area contributed by atoms with E-state index >= 15 is 4.57 Å². The van der Waals surface area contributed by atoms with Gasteiger partial charge in [-0.05, 0) is 56.4 Å². The minimum absolute atomic E-state index is 0.166. The average Bonchev–Trinajstić information content (AvgIpc) is 3.24. The summed E-state index contributed by atoms with van der Waals surface area (Å²) in [6.45, 7) is 6.50. The van der Waals surface area contributed by atoms with Crippen molar-refractivity contribution in [2.24, 2.45) is 0 Å². The number of nitrogens with zero attached hydrogens (tertiary/aromatic N) is 2. The van der Waals surface area contributed by atoms with Crippen LogP contribution in [0.4, 0.5) is 0 Å². The Bertz CT molecular complexity index is 568. The predicted octanol–water partition coefficient (Wildman–Crippen LogP) is 3.98. The molecule has 1 aromatic rings. The molecule has 26 heavy (non-hydrogen) atoms. The highest BCUT2D eigenvalue weighted by molar-refractivity contribution is 7.59. The lowest BCUT2D eigenvalue weighted by molar-refractivity contribution is -0.922. The molecule has 1 N–H and O–H groups in total. The molecule has 146 valence electrons. The fraction of sp³-hybridized carbons (Fsp3) is 0.800. The zero-order valence-electron chi connectivity index (χ0n) is 16.1. The maximum absolute atomic E-state index is 15.1. The first-order valence-electron chi connectivity index (χ1n) is 10.8. The smallest absolute Gasteiger partial charge is 0.278 e. The highest BCUT2D eigenvalue weighted by Gasteiger charge is 2.51. The number of nitrogens with one attached hydrogen (secondary N) is 1. The summed E-state index contributed by atoms with van der Waals surface area (Å²) in [5.41, 5.74) is 0. The quantitative estimate of drug-likeness (QED) is 0.763. The van der Waals surface area contributed by atoms with Crippen molar-refractivity contribution in [1.29, 1.82) is 0 Å². The molecular formula is C20H35N3OPS+. The van der Waals surface area contributed by atoms with Gasteiger partial charge in [0, 0.05) is 26.2 Å². The fourth-order valence-corrected chi connectivity index (χ4v) is 10.4. The normalized spacial score (nSPS) is 26.0. The summed E-state index contributed by atoms with van der Waals surface area (Å²) in [5, 5.41) is 2.18. The van der Waals surface area contributed by atoms with E-state index in [9.17, 15) is 0 Å². The average molecular weight is 397 g/mol. The van der Waals surface area contributed by atoms with Crippen molar-refractivity contribution in [1.82, 2.24) is 9.34 Å². The Morgan fingerprint density at radius 1 is 0.846 bits per heavy atom. The molecule has 0 unspecified atom stereocenters. The minimum Gasteiger partial charge on any atom is -0.320 e. The Balaban J connectivity index is 1.73. The predicted molar refractivity (Wildman–Crippen MR) is 110 cm³/mol. The van der Waals surface area contributed by atoms with E-state index in [1.165, 1.54) is 75.8 Å². The van der Waals surface area contributed by atoms with E-state index in [2.05, 4.69) is 26.9 Å². The molecule has 3 aliphatic heterocycles. The number of piperidine rings is 3. The maximum atomic E-state index is 15.1. The lowest BCUT2D eigenvalue weighted by Crippen LogP contribution is -3.13. The van der Waals surface area contributed by atoms with Gasteiger partial charge in [-0.25, -0.2) is 9.34 Å². The van der Waals surface area contributed by atoms with E-state index < -0.39 is 7.44 Å². The topological polar surface area (TPSA) is 28.0 Å². The molecule has 3 aliphatic rings. The molecule has 0 amide bonds. The molecule has 4 nitrogen and oxygen atoms in total. The van der Waals surface area contributed by atoms with Crippen molar-refractivity contribution in [3.63, 3.8) is 0 Å². The van der Waals surface area contributed by atoms with Gasteiger partial charge < -0.3 is 4.90 Å². The number of likely N-dealkylation sites (tertiary alicyclic amines) is 1. The first-order valence-corrected chi connectivity index (χ1v) is 13.3. The standard InChI is InChI=1S/C20H34N3OPS/c24-25(22-14-6-2-7-15-22,23-16-8-3-9-17-23)20(19-11-10-18-26-19)21-12-4-1-5-13-21/h10-11,18,20H,1-9,12-17H2/p+1/t20-/m0/s1. The molecule has 3 saturated heterocycles. The van der Waals surface area contributed by atoms with Crippen molar-refractivity contribution in [3.05, 3.63) is 22.4 Å². The van der Waals surface area contributed by atoms with Crippen LogP contribution in [-0.2, 0) is 4.57 Å². The molecular weight excluding hydrogens is 361 g/mol. The fourth-order valence-electron chi connectivity index (χ4n) is 5.16. The summed E-state index contributed by atoms with van der Waals surface area (Å²) in [6.07, 6.45) is 11.4. The van der Waals surface area contributed by atoms with Crippen molar-refractivity contribution in [3.8, 4) is 0 Å². The van der Waals surface area contributed by atoms with Crippen LogP contribution in [0.15, 0.2) is 17.5 Å². The lowest BCUT2D eigenvalue weighted by Gasteiger charge is -2.47. The summed E-state index contributed by atoms with van der Waals surface area (Å²) in [6, 6.07) is 4.42. The van der Waals surface area contributed by atoms with Crippen molar-refractivity contribution < 1.29 is 9.46 Å². The van der Waals surface area contributed by atoms with Gasteiger partial charge in [-0.3, -0.25) is 4.57 Å². The van der Waals surface area contributed by atoms with Crippen LogP contribution >= 0.6 is 18.8 Å². The van der Waals surface area contributed by atoms with Crippen molar-refractivity contribution >= 4 is 18.8 Å². The van der Waals surface area contributed by atoms with Crippen LogP contribution in [0.25, 0.3) is 0 Å². The highest BCUT2D eigenvalue weighted by atomic mass is 32.1. The first-order chi connectivity index (χ1) is 12.8. The number of hydrogen-bond donors (Lipinski definition) is 1. The first kappa shape index (κ1) is 19.1. The van der Waals surface area contributed by atoms with Crippen molar-refractivity contribution in [2.45, 2.75) is 63.6 Å². The number of quaternary nitrogens is 1. The van der Waals surface area contributed by atoms with E-state index in [0.717, 1.165) is 26.2 Å². The maximum Gasteiger partial charge on any atom is 0.278 e. The van der Waals surface area contributed by atoms with Crippen molar-refractivity contribution in [2.75, 3.05) is 39.3 Å². The summed E-state index contributed by atoms with van der Waals surface area (Å²) < 4.78 is 20.0. The van der Waals surface area contributed by atoms with Gasteiger partial charge in [0.05, 0.1) is 18.0 Å². The zero-order chi connectivity index (χ0) is 17.8. The third-order valence-electron chi connectivity index (χ3n) is 6.51. The van der Waals surface area contributed by atoms with Crippen LogP contribution < -0.4 is 4.90 Å². The molecule has 1 aromatic heterocycles. The van der Waals surface area contributed by atoms with Gasteiger partial charge >= 0.3 is 0 Å². The van der Waals surface area contributed by atoms with E-state index in [0.29, 0.717) is 0 Å². The molecule has 0 aromatic carbocycles. The molecule has 0 spiro atoms. The Morgan fingerprint density at radius 2 is 1.38 bits per heavy atom. The Labute approximate surface area is 163 Å². The highest BCUT2D eigenvalue weighted by Crippen LogP contribution is 2.63. The molecule has 4 heterocycles. The Morgan fingerprint density at radius 3 is 1.88 bits per heavy atom. The molecule has 0 aliphatic carbocycles. The summed E-state index contributed by atoms with van der Waals surface area (Å²) >= 11 is 1.83. The second-order valence-electron chi connectivity index (χ2n) is 8.25. The van der Waals surface area contributed by atoms with Gasteiger partial charge in [0.2, 0.25) is 5.78 Å². The molecule has 0 bridgehead atoms. The van der Waals surface area contributed by atoms with Crippen LogP contribution in [0.2, 0.25) is 0 Å². The minimum atomic E-state index is -2.60. The molecule has 3 fully saturated rings. The number of rotatable bonds is 5. The lowest BCUT2D eigenvalue weighted by atomic mass is 10.1. The third-order valence-corrected chi connectivity index (χ3v) is 11.4. The van der Waals surface area contributed by atoms with Crippen LogP contribution in [0, 0.1) is 0 Å².